The first-order chi connectivity index (χ1) is 23.4. The number of carbonyl (C=O) groups excluding carboxylic acids is 3. The predicted molar refractivity (Wildman–Crippen MR) is 182 cm³/mol. The van der Waals surface area contributed by atoms with Gasteiger partial charge in [0, 0.05) is 53.6 Å². The van der Waals surface area contributed by atoms with Crippen molar-refractivity contribution in [2.24, 2.45) is 22.2 Å². The number of fused-ring (bicyclic) bond motifs is 2. The zero-order valence-corrected chi connectivity index (χ0v) is 26.6. The summed E-state index contributed by atoms with van der Waals surface area (Å²) in [5, 5.41) is 28.1. The van der Waals surface area contributed by atoms with Crippen molar-refractivity contribution in [2.75, 3.05) is 6.54 Å². The van der Waals surface area contributed by atoms with Gasteiger partial charge in [-0.25, -0.2) is 4.79 Å². The summed E-state index contributed by atoms with van der Waals surface area (Å²) in [6, 6.07) is 9.97. The highest BCUT2D eigenvalue weighted by Crippen LogP contribution is 2.21. The summed E-state index contributed by atoms with van der Waals surface area (Å²) >= 11 is 0. The van der Waals surface area contributed by atoms with Gasteiger partial charge in [-0.2, -0.15) is 0 Å². The monoisotopic (exact) mass is 675 g/mol. The van der Waals surface area contributed by atoms with Crippen LogP contribution >= 0.6 is 0 Å². The Bertz CT molecular complexity index is 1830. The standard InChI is InChI=1S/C33H41N9O7/c34-22(14-18-16-38-23-8-3-1-6-20(18)23)29(45)42-27(15-19-17-39-24-9-4-2-7-21(19)24)31(47)40-25(10-5-13-37-33(35)36)30(46)41-26(32(48)49)11-12-28(43)44/h1-4,6-9,16-17,22,25-27,38-39H,5,10-15,34H2,(H,40,47)(H,41,46)(H,42,45)(H,43,44)(H,48,49)(H4,35,36,37). The van der Waals surface area contributed by atoms with E-state index in [0.29, 0.717) is 0 Å². The second-order valence-corrected chi connectivity index (χ2v) is 11.6. The number of aliphatic carboxylic acids is 2. The molecule has 4 aromatic rings. The van der Waals surface area contributed by atoms with Gasteiger partial charge in [0.25, 0.3) is 0 Å². The number of aliphatic imine (C=N–C) groups is 1. The van der Waals surface area contributed by atoms with Crippen LogP contribution in [0, 0.1) is 0 Å². The molecule has 0 radical (unpaired) electrons. The molecule has 0 aliphatic heterocycles. The highest BCUT2D eigenvalue weighted by atomic mass is 16.4. The normalized spacial score (nSPS) is 13.6. The van der Waals surface area contributed by atoms with Crippen LogP contribution in [0.5, 0.6) is 0 Å². The van der Waals surface area contributed by atoms with Crippen LogP contribution in [0.3, 0.4) is 0 Å². The Morgan fingerprint density at radius 2 is 1.24 bits per heavy atom. The Morgan fingerprint density at radius 1 is 0.714 bits per heavy atom. The van der Waals surface area contributed by atoms with Crippen molar-refractivity contribution in [2.45, 2.75) is 62.7 Å². The maximum absolute atomic E-state index is 13.9. The van der Waals surface area contributed by atoms with Crippen LogP contribution < -0.4 is 33.2 Å². The number of hydrogen-bond acceptors (Lipinski definition) is 7. The van der Waals surface area contributed by atoms with Gasteiger partial charge in [-0.05, 0) is 48.9 Å². The number of amides is 3. The number of para-hydroxylation sites is 2. The maximum atomic E-state index is 13.9. The number of nitrogens with two attached hydrogens (primary N) is 3. The van der Waals surface area contributed by atoms with Crippen molar-refractivity contribution in [3.63, 3.8) is 0 Å². The van der Waals surface area contributed by atoms with Crippen molar-refractivity contribution in [3.05, 3.63) is 72.1 Å². The summed E-state index contributed by atoms with van der Waals surface area (Å²) in [7, 11) is 0. The number of benzene rings is 2. The number of rotatable bonds is 18. The summed E-state index contributed by atoms with van der Waals surface area (Å²) in [6.45, 7) is 0.113. The minimum Gasteiger partial charge on any atom is -0.481 e. The van der Waals surface area contributed by atoms with Gasteiger partial charge in [-0.3, -0.25) is 24.2 Å². The van der Waals surface area contributed by atoms with Gasteiger partial charge in [0.2, 0.25) is 17.7 Å². The number of aromatic nitrogens is 2. The third-order valence-electron chi connectivity index (χ3n) is 8.02. The zero-order chi connectivity index (χ0) is 35.5. The second kappa shape index (κ2) is 16.8. The van der Waals surface area contributed by atoms with E-state index in [1.807, 2.05) is 48.5 Å². The number of carboxylic acids is 2. The van der Waals surface area contributed by atoms with Crippen molar-refractivity contribution >= 4 is 57.4 Å². The summed E-state index contributed by atoms with van der Waals surface area (Å²) < 4.78 is 0. The number of aromatic amines is 2. The van der Waals surface area contributed by atoms with Crippen molar-refractivity contribution in [1.29, 1.82) is 0 Å². The fourth-order valence-corrected chi connectivity index (χ4v) is 5.48. The van der Waals surface area contributed by atoms with Gasteiger partial charge in [-0.1, -0.05) is 36.4 Å². The molecule has 4 unspecified atom stereocenters. The van der Waals surface area contributed by atoms with Gasteiger partial charge in [-0.15, -0.1) is 0 Å². The highest BCUT2D eigenvalue weighted by Gasteiger charge is 2.31. The number of guanidine groups is 1. The molecule has 2 aromatic heterocycles. The number of nitrogens with zero attached hydrogens (tertiary/aromatic N) is 1. The minimum absolute atomic E-state index is 0.00650. The molecule has 16 heteroatoms. The molecular weight excluding hydrogens is 634 g/mol. The molecule has 0 aliphatic rings. The first-order valence-corrected chi connectivity index (χ1v) is 15.7. The lowest BCUT2D eigenvalue weighted by molar-refractivity contribution is -0.143. The summed E-state index contributed by atoms with van der Waals surface area (Å²) in [5.74, 6) is -5.02. The molecule has 49 heavy (non-hydrogen) atoms. The lowest BCUT2D eigenvalue weighted by atomic mass is 10.0. The molecule has 0 saturated carbocycles. The Morgan fingerprint density at radius 3 is 1.82 bits per heavy atom. The van der Waals surface area contributed by atoms with E-state index >= 15 is 0 Å². The van der Waals surface area contributed by atoms with E-state index < -0.39 is 60.2 Å². The maximum Gasteiger partial charge on any atom is 0.326 e. The lowest BCUT2D eigenvalue weighted by Gasteiger charge is -2.25. The van der Waals surface area contributed by atoms with E-state index in [4.69, 9.17) is 22.3 Å². The molecule has 0 fully saturated rings. The quantitative estimate of drug-likeness (QED) is 0.0389. The van der Waals surface area contributed by atoms with Crippen LogP contribution in [0.1, 0.15) is 36.8 Å². The number of H-pyrrole nitrogens is 2. The third kappa shape index (κ3) is 10.0. The van der Waals surface area contributed by atoms with Crippen LogP contribution in [0.4, 0.5) is 0 Å². The number of hydrogen-bond donors (Lipinski definition) is 10. The molecule has 0 bridgehead atoms. The van der Waals surface area contributed by atoms with Crippen molar-refractivity contribution < 1.29 is 34.2 Å². The topological polar surface area (TPSA) is 284 Å². The first kappa shape index (κ1) is 35.9. The average Bonchev–Trinajstić information content (AvgIpc) is 3.67. The van der Waals surface area contributed by atoms with Crippen LogP contribution in [0.15, 0.2) is 65.9 Å². The zero-order valence-electron chi connectivity index (χ0n) is 26.6. The first-order valence-electron chi connectivity index (χ1n) is 15.7. The molecule has 260 valence electrons. The number of carbonyl (C=O) groups is 5. The molecule has 2 heterocycles. The predicted octanol–water partition coefficient (Wildman–Crippen LogP) is 0.219. The number of carboxylic acid groups (broad SMARTS) is 2. The third-order valence-corrected chi connectivity index (χ3v) is 8.02. The Kier molecular flexibility index (Phi) is 12.3. The minimum atomic E-state index is -1.52. The molecule has 0 aliphatic carbocycles. The van der Waals surface area contributed by atoms with Gasteiger partial charge >= 0.3 is 11.9 Å². The number of nitrogens with one attached hydrogen (secondary N) is 5. The average molecular weight is 676 g/mol. The molecule has 2 aromatic carbocycles. The van der Waals surface area contributed by atoms with Gasteiger partial charge in [0.15, 0.2) is 5.96 Å². The van der Waals surface area contributed by atoms with Crippen LogP contribution in [-0.4, -0.2) is 86.5 Å². The van der Waals surface area contributed by atoms with Gasteiger partial charge in [0.05, 0.1) is 6.04 Å². The fraction of sp³-hybridized carbons (Fsp3) is 0.333. The Balaban J connectivity index is 1.56. The van der Waals surface area contributed by atoms with Crippen LogP contribution in [0.25, 0.3) is 21.8 Å². The summed E-state index contributed by atoms with van der Waals surface area (Å²) in [6.07, 6.45) is 3.04. The van der Waals surface area contributed by atoms with Crippen LogP contribution in [0.2, 0.25) is 0 Å². The van der Waals surface area contributed by atoms with Crippen molar-refractivity contribution in [1.82, 2.24) is 25.9 Å². The largest absolute Gasteiger partial charge is 0.481 e. The van der Waals surface area contributed by atoms with E-state index in [9.17, 15) is 29.1 Å². The van der Waals surface area contributed by atoms with E-state index in [1.165, 1.54) is 0 Å². The van der Waals surface area contributed by atoms with E-state index in [1.54, 1.807) is 12.4 Å². The summed E-state index contributed by atoms with van der Waals surface area (Å²) in [5.41, 5.74) is 20.4. The molecule has 4 atom stereocenters. The van der Waals surface area contributed by atoms with E-state index in [-0.39, 0.29) is 44.6 Å². The molecule has 0 spiro atoms. The lowest BCUT2D eigenvalue weighted by Crippen LogP contribution is -2.57. The molecule has 0 saturated heterocycles. The van der Waals surface area contributed by atoms with E-state index in [0.717, 1.165) is 32.9 Å². The fourth-order valence-electron chi connectivity index (χ4n) is 5.48. The molecule has 13 N–H and O–H groups in total. The SMILES string of the molecule is NC(N)=NCCCC(NC(=O)C(Cc1c[nH]c2ccccc12)NC(=O)C(N)Cc1c[nH]c2ccccc12)C(=O)NC(CCC(=O)O)C(=O)O. The summed E-state index contributed by atoms with van der Waals surface area (Å²) in [4.78, 5) is 73.8. The highest BCUT2D eigenvalue weighted by molar-refractivity contribution is 5.95. The molecule has 3 amide bonds. The Hall–Kier alpha value is -5.90. The smallest absolute Gasteiger partial charge is 0.326 e. The Labute approximate surface area is 280 Å². The van der Waals surface area contributed by atoms with Gasteiger partial charge in [0.1, 0.15) is 18.1 Å². The molecule has 4 rings (SSSR count). The molecule has 16 nitrogen and oxygen atoms in total. The van der Waals surface area contributed by atoms with Crippen molar-refractivity contribution in [3.8, 4) is 0 Å². The molecular formula is C33H41N9O7. The van der Waals surface area contributed by atoms with Gasteiger partial charge < -0.3 is 53.3 Å². The second-order valence-electron chi connectivity index (χ2n) is 11.6. The van der Waals surface area contributed by atoms with E-state index in [2.05, 4.69) is 30.9 Å². The van der Waals surface area contributed by atoms with Crippen LogP contribution in [-0.2, 0) is 36.8 Å².